The summed E-state index contributed by atoms with van der Waals surface area (Å²) in [5, 5.41) is 6.06. The summed E-state index contributed by atoms with van der Waals surface area (Å²) in [6, 6.07) is 5.82. The molecule has 1 aromatic rings. The molecule has 160 valence electrons. The summed E-state index contributed by atoms with van der Waals surface area (Å²) in [7, 11) is -1.67. The molecule has 3 N–H and O–H groups in total. The Hall–Kier alpha value is -1.14. The van der Waals surface area contributed by atoms with Crippen molar-refractivity contribution >= 4 is 40.0 Å². The van der Waals surface area contributed by atoms with Gasteiger partial charge in [0.05, 0.1) is 12.3 Å². The summed E-state index contributed by atoms with van der Waals surface area (Å²) < 4.78 is 45.2. The number of hydrogen-bond acceptors (Lipinski definition) is 4. The first-order chi connectivity index (χ1) is 12.9. The van der Waals surface area contributed by atoms with Gasteiger partial charge in [0.2, 0.25) is 10.0 Å². The molecular formula is C18H30FIN4O3S. The highest BCUT2D eigenvalue weighted by molar-refractivity contribution is 14.0. The summed E-state index contributed by atoms with van der Waals surface area (Å²) in [6.07, 6.45) is 3.23. The Morgan fingerprint density at radius 3 is 2.54 bits per heavy atom. The van der Waals surface area contributed by atoms with E-state index >= 15 is 0 Å². The van der Waals surface area contributed by atoms with Crippen LogP contribution in [0.4, 0.5) is 4.39 Å². The van der Waals surface area contributed by atoms with Crippen LogP contribution in [0.1, 0.15) is 26.2 Å². The third-order valence-corrected chi connectivity index (χ3v) is 5.76. The number of rotatable bonds is 10. The second-order valence-electron chi connectivity index (χ2n) is 6.73. The number of guanidine groups is 1. The average Bonchev–Trinajstić information content (AvgIpc) is 2.58. The van der Waals surface area contributed by atoms with Crippen LogP contribution in [0, 0.1) is 11.7 Å². The van der Waals surface area contributed by atoms with Gasteiger partial charge in [-0.15, -0.1) is 24.0 Å². The van der Waals surface area contributed by atoms with Crippen LogP contribution in [0.25, 0.3) is 0 Å². The molecule has 1 aliphatic carbocycles. The first kappa shape index (κ1) is 24.9. The van der Waals surface area contributed by atoms with Gasteiger partial charge in [0.25, 0.3) is 0 Å². The van der Waals surface area contributed by atoms with Crippen molar-refractivity contribution in [3.63, 3.8) is 0 Å². The zero-order valence-electron chi connectivity index (χ0n) is 16.3. The summed E-state index contributed by atoms with van der Waals surface area (Å²) in [6.45, 7) is 3.13. The molecule has 1 saturated carbocycles. The molecule has 0 spiro atoms. The van der Waals surface area contributed by atoms with Gasteiger partial charge in [-0.3, -0.25) is 4.99 Å². The normalized spacial score (nSPS) is 15.9. The van der Waals surface area contributed by atoms with Crippen molar-refractivity contribution < 1.29 is 17.5 Å². The summed E-state index contributed by atoms with van der Waals surface area (Å²) in [5.41, 5.74) is 0. The molecule has 0 aromatic heterocycles. The van der Waals surface area contributed by atoms with Crippen molar-refractivity contribution in [3.8, 4) is 5.75 Å². The maximum atomic E-state index is 12.9. The predicted molar refractivity (Wildman–Crippen MR) is 120 cm³/mol. The Morgan fingerprint density at radius 2 is 1.96 bits per heavy atom. The second-order valence-corrected chi connectivity index (χ2v) is 8.65. The highest BCUT2D eigenvalue weighted by Gasteiger charge is 2.20. The van der Waals surface area contributed by atoms with E-state index in [4.69, 9.17) is 4.74 Å². The molecule has 0 aliphatic heterocycles. The first-order valence-corrected chi connectivity index (χ1v) is 10.9. The van der Waals surface area contributed by atoms with Gasteiger partial charge in [0.1, 0.15) is 17.7 Å². The molecule has 1 aromatic carbocycles. The van der Waals surface area contributed by atoms with Crippen molar-refractivity contribution in [2.24, 2.45) is 10.9 Å². The van der Waals surface area contributed by atoms with E-state index in [1.165, 1.54) is 18.6 Å². The Kier molecular flexibility index (Phi) is 11.1. The molecular weight excluding hydrogens is 498 g/mol. The van der Waals surface area contributed by atoms with Crippen LogP contribution in [-0.2, 0) is 10.0 Å². The van der Waals surface area contributed by atoms with E-state index in [-0.39, 0.29) is 48.2 Å². The summed E-state index contributed by atoms with van der Waals surface area (Å²) >= 11 is 0. The lowest BCUT2D eigenvalue weighted by Crippen LogP contribution is -2.44. The number of sulfonamides is 1. The molecule has 0 heterocycles. The number of benzene rings is 1. The maximum Gasteiger partial charge on any atom is 0.213 e. The highest BCUT2D eigenvalue weighted by atomic mass is 127. The van der Waals surface area contributed by atoms with Gasteiger partial charge in [-0.2, -0.15) is 0 Å². The Labute approximate surface area is 184 Å². The van der Waals surface area contributed by atoms with Crippen molar-refractivity contribution in [2.45, 2.75) is 32.3 Å². The molecule has 0 saturated heterocycles. The zero-order chi connectivity index (χ0) is 19.7. The molecule has 0 radical (unpaired) electrons. The van der Waals surface area contributed by atoms with Crippen molar-refractivity contribution in [1.29, 1.82) is 0 Å². The molecule has 1 atom stereocenters. The minimum Gasteiger partial charge on any atom is -0.489 e. The summed E-state index contributed by atoms with van der Waals surface area (Å²) in [5.74, 6) is 1.25. The Balaban J connectivity index is 0.00000392. The van der Waals surface area contributed by atoms with Gasteiger partial charge < -0.3 is 15.4 Å². The zero-order valence-corrected chi connectivity index (χ0v) is 19.4. The molecule has 10 heteroatoms. The molecule has 1 unspecified atom stereocenters. The smallest absolute Gasteiger partial charge is 0.213 e. The topological polar surface area (TPSA) is 91.8 Å². The Morgan fingerprint density at radius 1 is 1.29 bits per heavy atom. The number of halogens is 2. The third-order valence-electron chi connectivity index (χ3n) is 4.41. The van der Waals surface area contributed by atoms with Crippen LogP contribution in [0.5, 0.6) is 5.75 Å². The van der Waals surface area contributed by atoms with Crippen LogP contribution in [0.2, 0.25) is 0 Å². The molecule has 2 rings (SSSR count). The van der Waals surface area contributed by atoms with Crippen LogP contribution in [0.15, 0.2) is 29.3 Å². The minimum absolute atomic E-state index is 0. The fraction of sp³-hybridized carbons (Fsp3) is 0.611. The highest BCUT2D eigenvalue weighted by Crippen LogP contribution is 2.25. The van der Waals surface area contributed by atoms with E-state index in [0.29, 0.717) is 30.7 Å². The molecule has 0 bridgehead atoms. The monoisotopic (exact) mass is 528 g/mol. The van der Waals surface area contributed by atoms with Crippen molar-refractivity contribution in [3.05, 3.63) is 30.1 Å². The van der Waals surface area contributed by atoms with Gasteiger partial charge >= 0.3 is 0 Å². The largest absolute Gasteiger partial charge is 0.489 e. The second kappa shape index (κ2) is 12.4. The fourth-order valence-corrected chi connectivity index (χ4v) is 3.57. The third kappa shape index (κ3) is 9.37. The van der Waals surface area contributed by atoms with E-state index in [2.05, 4.69) is 20.3 Å². The summed E-state index contributed by atoms with van der Waals surface area (Å²) in [4.78, 5) is 4.07. The van der Waals surface area contributed by atoms with Crippen LogP contribution in [-0.4, -0.2) is 52.9 Å². The van der Waals surface area contributed by atoms with E-state index in [1.807, 2.05) is 6.92 Å². The number of hydrogen-bond donors (Lipinski definition) is 3. The minimum atomic E-state index is -3.28. The van der Waals surface area contributed by atoms with Gasteiger partial charge in [0.15, 0.2) is 5.96 Å². The number of aliphatic imine (C=N–C) groups is 1. The number of nitrogens with one attached hydrogen (secondary N) is 3. The van der Waals surface area contributed by atoms with Gasteiger partial charge in [-0.25, -0.2) is 17.5 Å². The molecule has 0 amide bonds. The van der Waals surface area contributed by atoms with Crippen LogP contribution in [0.3, 0.4) is 0 Å². The Bertz CT molecular complexity index is 712. The molecule has 7 nitrogen and oxygen atoms in total. The van der Waals surface area contributed by atoms with E-state index in [9.17, 15) is 12.8 Å². The SMILES string of the molecule is CN=C(NCCS(=O)(=O)NCC1CCC1)NCC(C)Oc1ccc(F)cc1.I. The molecule has 1 fully saturated rings. The lowest BCUT2D eigenvalue weighted by Gasteiger charge is -2.25. The number of ether oxygens (including phenoxy) is 1. The van der Waals surface area contributed by atoms with Gasteiger partial charge in [-0.1, -0.05) is 6.42 Å². The van der Waals surface area contributed by atoms with Crippen molar-refractivity contribution in [2.75, 3.05) is 32.4 Å². The van der Waals surface area contributed by atoms with Gasteiger partial charge in [0, 0.05) is 20.1 Å². The first-order valence-electron chi connectivity index (χ1n) is 9.22. The lowest BCUT2D eigenvalue weighted by molar-refractivity contribution is 0.223. The lowest BCUT2D eigenvalue weighted by atomic mass is 9.86. The quantitative estimate of drug-likeness (QED) is 0.246. The molecule has 1 aliphatic rings. The standard InChI is InChI=1S/C18H29FN4O3S.HI/c1-14(26-17-8-6-16(19)7-9-17)12-22-18(20-2)21-10-11-27(24,25)23-13-15-4-3-5-15;/h6-9,14-15,23H,3-5,10-13H2,1-2H3,(H2,20,21,22);1H. The fourth-order valence-electron chi connectivity index (χ4n) is 2.57. The number of nitrogens with zero attached hydrogens (tertiary/aromatic N) is 1. The molecule has 28 heavy (non-hydrogen) atoms. The van der Waals surface area contributed by atoms with E-state index in [0.717, 1.165) is 12.8 Å². The average molecular weight is 528 g/mol. The maximum absolute atomic E-state index is 12.9. The van der Waals surface area contributed by atoms with Crippen LogP contribution < -0.4 is 20.1 Å². The van der Waals surface area contributed by atoms with E-state index < -0.39 is 10.0 Å². The van der Waals surface area contributed by atoms with Crippen LogP contribution >= 0.6 is 24.0 Å². The van der Waals surface area contributed by atoms with E-state index in [1.54, 1.807) is 19.2 Å². The van der Waals surface area contributed by atoms with Crippen molar-refractivity contribution in [1.82, 2.24) is 15.4 Å². The van der Waals surface area contributed by atoms with Gasteiger partial charge in [-0.05, 0) is 49.9 Å². The predicted octanol–water partition coefficient (Wildman–Crippen LogP) is 2.10.